The highest BCUT2D eigenvalue weighted by atomic mass is 16.5. The summed E-state index contributed by atoms with van der Waals surface area (Å²) in [5.74, 6) is -0.945. The van der Waals surface area contributed by atoms with E-state index in [1.807, 2.05) is 0 Å². The maximum Gasteiger partial charge on any atom is 0.306 e. The molecule has 0 bridgehead atoms. The Morgan fingerprint density at radius 3 is 2.12 bits per heavy atom. The van der Waals surface area contributed by atoms with Crippen molar-refractivity contribution in [2.45, 2.75) is 52.4 Å². The SMILES string of the molecule is CCCC(CCC)COC(=O)CCC(=O)O. The Kier molecular flexibility index (Phi) is 8.58. The number of carboxylic acids is 1. The summed E-state index contributed by atoms with van der Waals surface area (Å²) in [7, 11) is 0. The maximum absolute atomic E-state index is 11.2. The Morgan fingerprint density at radius 2 is 1.69 bits per heavy atom. The van der Waals surface area contributed by atoms with Gasteiger partial charge in [0.1, 0.15) is 0 Å². The highest BCUT2D eigenvalue weighted by Gasteiger charge is 2.11. The average molecular weight is 230 g/mol. The molecule has 0 atom stereocenters. The molecule has 4 nitrogen and oxygen atoms in total. The first-order valence-electron chi connectivity index (χ1n) is 5.97. The molecule has 0 spiro atoms. The highest BCUT2D eigenvalue weighted by molar-refractivity contribution is 5.76. The van der Waals surface area contributed by atoms with Gasteiger partial charge in [-0.3, -0.25) is 9.59 Å². The lowest BCUT2D eigenvalue weighted by Crippen LogP contribution is -2.15. The van der Waals surface area contributed by atoms with Crippen LogP contribution in [0.5, 0.6) is 0 Å². The van der Waals surface area contributed by atoms with Gasteiger partial charge >= 0.3 is 11.9 Å². The molecule has 0 saturated heterocycles. The maximum atomic E-state index is 11.2. The molecule has 0 aliphatic rings. The Hall–Kier alpha value is -1.06. The summed E-state index contributed by atoms with van der Waals surface area (Å²) in [6.45, 7) is 4.64. The average Bonchev–Trinajstić information content (AvgIpc) is 2.23. The van der Waals surface area contributed by atoms with Crippen LogP contribution < -0.4 is 0 Å². The molecule has 0 aliphatic carbocycles. The summed E-state index contributed by atoms with van der Waals surface area (Å²) in [4.78, 5) is 21.4. The predicted molar refractivity (Wildman–Crippen MR) is 61.1 cm³/mol. The van der Waals surface area contributed by atoms with Gasteiger partial charge in [-0.25, -0.2) is 0 Å². The summed E-state index contributed by atoms with van der Waals surface area (Å²) in [5.41, 5.74) is 0. The molecule has 0 aromatic carbocycles. The van der Waals surface area contributed by atoms with Crippen molar-refractivity contribution in [3.8, 4) is 0 Å². The lowest BCUT2D eigenvalue weighted by atomic mass is 9.99. The molecule has 0 radical (unpaired) electrons. The van der Waals surface area contributed by atoms with Gasteiger partial charge in [0, 0.05) is 0 Å². The number of carbonyl (C=O) groups excluding carboxylic acids is 1. The number of carboxylic acid groups (broad SMARTS) is 1. The van der Waals surface area contributed by atoms with Crippen LogP contribution in [0.25, 0.3) is 0 Å². The van der Waals surface area contributed by atoms with Gasteiger partial charge in [0.2, 0.25) is 0 Å². The third-order valence-electron chi connectivity index (χ3n) is 2.42. The van der Waals surface area contributed by atoms with Crippen LogP contribution in [0.4, 0.5) is 0 Å². The van der Waals surface area contributed by atoms with Gasteiger partial charge in [-0.1, -0.05) is 26.7 Å². The van der Waals surface area contributed by atoms with Crippen molar-refractivity contribution in [2.24, 2.45) is 5.92 Å². The number of rotatable bonds is 9. The minimum atomic E-state index is -0.962. The van der Waals surface area contributed by atoms with Crippen molar-refractivity contribution in [3.05, 3.63) is 0 Å². The third kappa shape index (κ3) is 8.26. The second kappa shape index (κ2) is 9.19. The van der Waals surface area contributed by atoms with E-state index in [2.05, 4.69) is 13.8 Å². The van der Waals surface area contributed by atoms with E-state index in [1.54, 1.807) is 0 Å². The molecule has 0 rings (SSSR count). The predicted octanol–water partition coefficient (Wildman–Crippen LogP) is 2.61. The summed E-state index contributed by atoms with van der Waals surface area (Å²) in [5, 5.41) is 8.40. The van der Waals surface area contributed by atoms with Gasteiger partial charge in [-0.05, 0) is 18.8 Å². The first-order valence-corrected chi connectivity index (χ1v) is 5.97. The molecule has 16 heavy (non-hydrogen) atoms. The molecule has 0 unspecified atom stereocenters. The van der Waals surface area contributed by atoms with Gasteiger partial charge in [0.25, 0.3) is 0 Å². The zero-order valence-electron chi connectivity index (χ0n) is 10.2. The van der Waals surface area contributed by atoms with Crippen LogP contribution in [-0.2, 0) is 14.3 Å². The molecule has 0 fully saturated rings. The molecule has 0 aromatic rings. The highest BCUT2D eigenvalue weighted by Crippen LogP contribution is 2.14. The third-order valence-corrected chi connectivity index (χ3v) is 2.42. The molecule has 0 aliphatic heterocycles. The minimum absolute atomic E-state index is 0.0275. The fraction of sp³-hybridized carbons (Fsp3) is 0.833. The zero-order chi connectivity index (χ0) is 12.4. The first kappa shape index (κ1) is 14.9. The van der Waals surface area contributed by atoms with Gasteiger partial charge < -0.3 is 9.84 Å². The van der Waals surface area contributed by atoms with E-state index < -0.39 is 11.9 Å². The monoisotopic (exact) mass is 230 g/mol. The molecule has 4 heteroatoms. The second-order valence-corrected chi connectivity index (χ2v) is 4.02. The number of ether oxygens (including phenoxy) is 1. The number of esters is 1. The van der Waals surface area contributed by atoms with Crippen LogP contribution in [0.1, 0.15) is 52.4 Å². The fourth-order valence-corrected chi connectivity index (χ4v) is 1.62. The van der Waals surface area contributed by atoms with Crippen LogP contribution >= 0.6 is 0 Å². The summed E-state index contributed by atoms with van der Waals surface area (Å²) in [6.07, 6.45) is 4.10. The number of aliphatic carboxylic acids is 1. The molecule has 0 amide bonds. The standard InChI is InChI=1S/C12H22O4/c1-3-5-10(6-4-2)9-16-12(15)8-7-11(13)14/h10H,3-9H2,1-2H3,(H,13,14). The second-order valence-electron chi connectivity index (χ2n) is 4.02. The van der Waals surface area contributed by atoms with Gasteiger partial charge in [-0.2, -0.15) is 0 Å². The van der Waals surface area contributed by atoms with Crippen LogP contribution in [0.15, 0.2) is 0 Å². The van der Waals surface area contributed by atoms with Gasteiger partial charge in [0.15, 0.2) is 0 Å². The van der Waals surface area contributed by atoms with E-state index >= 15 is 0 Å². The van der Waals surface area contributed by atoms with Gasteiger partial charge in [-0.15, -0.1) is 0 Å². The molecule has 0 heterocycles. The zero-order valence-corrected chi connectivity index (χ0v) is 10.2. The van der Waals surface area contributed by atoms with E-state index in [9.17, 15) is 9.59 Å². The van der Waals surface area contributed by atoms with Crippen LogP contribution in [-0.4, -0.2) is 23.7 Å². The first-order chi connectivity index (χ1) is 7.60. The topological polar surface area (TPSA) is 63.6 Å². The van der Waals surface area contributed by atoms with Crippen molar-refractivity contribution in [3.63, 3.8) is 0 Å². The van der Waals surface area contributed by atoms with Crippen molar-refractivity contribution < 1.29 is 19.4 Å². The molecular formula is C12H22O4. The molecule has 0 aromatic heterocycles. The number of hydrogen-bond donors (Lipinski definition) is 1. The lowest BCUT2D eigenvalue weighted by Gasteiger charge is -2.14. The summed E-state index contributed by atoms with van der Waals surface area (Å²) < 4.78 is 5.06. The smallest absolute Gasteiger partial charge is 0.306 e. The van der Waals surface area contributed by atoms with E-state index in [-0.39, 0.29) is 12.8 Å². The Morgan fingerprint density at radius 1 is 1.12 bits per heavy atom. The van der Waals surface area contributed by atoms with Gasteiger partial charge in [0.05, 0.1) is 19.4 Å². The van der Waals surface area contributed by atoms with Crippen LogP contribution in [0, 0.1) is 5.92 Å². The molecular weight excluding hydrogens is 208 g/mol. The van der Waals surface area contributed by atoms with E-state index in [1.165, 1.54) is 0 Å². The van der Waals surface area contributed by atoms with Crippen molar-refractivity contribution in [2.75, 3.05) is 6.61 Å². The Bertz CT molecular complexity index is 207. The molecule has 0 saturated carbocycles. The van der Waals surface area contributed by atoms with E-state index in [0.29, 0.717) is 12.5 Å². The van der Waals surface area contributed by atoms with Crippen LogP contribution in [0.3, 0.4) is 0 Å². The normalized spacial score (nSPS) is 10.4. The number of carbonyl (C=O) groups is 2. The quantitative estimate of drug-likeness (QED) is 0.618. The molecule has 1 N–H and O–H groups in total. The summed E-state index contributed by atoms with van der Waals surface area (Å²) >= 11 is 0. The Balaban J connectivity index is 3.72. The summed E-state index contributed by atoms with van der Waals surface area (Å²) in [6, 6.07) is 0. The van der Waals surface area contributed by atoms with E-state index in [0.717, 1.165) is 25.7 Å². The van der Waals surface area contributed by atoms with E-state index in [4.69, 9.17) is 9.84 Å². The Labute approximate surface area is 97.0 Å². The fourth-order valence-electron chi connectivity index (χ4n) is 1.62. The largest absolute Gasteiger partial charge is 0.481 e. The van der Waals surface area contributed by atoms with Crippen molar-refractivity contribution >= 4 is 11.9 Å². The van der Waals surface area contributed by atoms with Crippen LogP contribution in [0.2, 0.25) is 0 Å². The minimum Gasteiger partial charge on any atom is -0.481 e. The number of hydrogen-bond acceptors (Lipinski definition) is 3. The van der Waals surface area contributed by atoms with Crippen molar-refractivity contribution in [1.82, 2.24) is 0 Å². The lowest BCUT2D eigenvalue weighted by molar-refractivity contribution is -0.148. The molecule has 94 valence electrons. The van der Waals surface area contributed by atoms with Crippen molar-refractivity contribution in [1.29, 1.82) is 0 Å².